The van der Waals surface area contributed by atoms with Crippen molar-refractivity contribution in [1.29, 1.82) is 0 Å². The molecule has 1 heterocycles. The molecule has 16 heavy (non-hydrogen) atoms. The third kappa shape index (κ3) is 3.21. The normalized spacial score (nSPS) is 25.1. The number of rotatable bonds is 5. The topological polar surface area (TPSA) is 29.5 Å². The first kappa shape index (κ1) is 11.9. The van der Waals surface area contributed by atoms with Crippen LogP contribution in [0.5, 0.6) is 0 Å². The van der Waals surface area contributed by atoms with Crippen LogP contribution in [-0.4, -0.2) is 36.6 Å². The van der Waals surface area contributed by atoms with Crippen LogP contribution in [0.25, 0.3) is 0 Å². The second-order valence-electron chi connectivity index (χ2n) is 5.60. The number of amides is 1. The van der Waals surface area contributed by atoms with Crippen LogP contribution in [0.1, 0.15) is 39.5 Å². The van der Waals surface area contributed by atoms with Gasteiger partial charge in [0.05, 0.1) is 6.61 Å². The molecule has 2 fully saturated rings. The van der Waals surface area contributed by atoms with Crippen LogP contribution in [0.3, 0.4) is 0 Å². The Morgan fingerprint density at radius 3 is 2.62 bits per heavy atom. The van der Waals surface area contributed by atoms with Gasteiger partial charge in [0.2, 0.25) is 5.91 Å². The summed E-state index contributed by atoms with van der Waals surface area (Å²) in [6, 6.07) is 0.548. The molecule has 92 valence electrons. The summed E-state index contributed by atoms with van der Waals surface area (Å²) < 4.78 is 5.38. The van der Waals surface area contributed by atoms with Crippen LogP contribution >= 0.6 is 0 Å². The summed E-state index contributed by atoms with van der Waals surface area (Å²) in [5.74, 6) is 1.40. The van der Waals surface area contributed by atoms with Gasteiger partial charge in [0, 0.05) is 31.5 Å². The zero-order valence-corrected chi connectivity index (χ0v) is 10.4. The Hall–Kier alpha value is -0.570. The van der Waals surface area contributed by atoms with Gasteiger partial charge in [-0.2, -0.15) is 0 Å². The minimum Gasteiger partial charge on any atom is -0.381 e. The number of nitrogens with zero attached hydrogens (tertiary/aromatic N) is 1. The lowest BCUT2D eigenvalue weighted by molar-refractivity contribution is -0.133. The summed E-state index contributed by atoms with van der Waals surface area (Å²) in [7, 11) is 0. The zero-order chi connectivity index (χ0) is 11.5. The highest BCUT2D eigenvalue weighted by Gasteiger charge is 2.34. The molecule has 0 spiro atoms. The standard InChI is InChI=1S/C13H23NO2/c1-10(2)7-13(15)14(12-3-4-12)8-11-5-6-16-9-11/h10-12H,3-9H2,1-2H3/t11-/m1/s1. The molecule has 3 nitrogen and oxygen atoms in total. The second kappa shape index (κ2) is 5.17. The van der Waals surface area contributed by atoms with Gasteiger partial charge < -0.3 is 9.64 Å². The molecule has 1 aliphatic carbocycles. The number of carbonyl (C=O) groups excluding carboxylic acids is 1. The first-order valence-electron chi connectivity index (χ1n) is 6.54. The first-order valence-corrected chi connectivity index (χ1v) is 6.54. The molecule has 0 unspecified atom stereocenters. The maximum atomic E-state index is 12.1. The predicted molar refractivity (Wildman–Crippen MR) is 63.1 cm³/mol. The van der Waals surface area contributed by atoms with Crippen LogP contribution in [0.2, 0.25) is 0 Å². The van der Waals surface area contributed by atoms with Crippen LogP contribution in [-0.2, 0) is 9.53 Å². The Labute approximate surface area is 98.1 Å². The summed E-state index contributed by atoms with van der Waals surface area (Å²) in [5, 5.41) is 0. The van der Waals surface area contributed by atoms with E-state index in [1.807, 2.05) is 0 Å². The molecule has 0 aromatic heterocycles. The fourth-order valence-corrected chi connectivity index (χ4v) is 2.31. The van der Waals surface area contributed by atoms with E-state index in [1.54, 1.807) is 0 Å². The molecule has 0 aromatic carbocycles. The van der Waals surface area contributed by atoms with Crippen molar-refractivity contribution in [3.8, 4) is 0 Å². The highest BCUT2D eigenvalue weighted by molar-refractivity contribution is 5.77. The van der Waals surface area contributed by atoms with Gasteiger partial charge in [-0.15, -0.1) is 0 Å². The summed E-state index contributed by atoms with van der Waals surface area (Å²) in [6.07, 6.45) is 4.23. The maximum absolute atomic E-state index is 12.1. The molecule has 1 aliphatic heterocycles. The van der Waals surface area contributed by atoms with E-state index in [2.05, 4.69) is 18.7 Å². The largest absolute Gasteiger partial charge is 0.381 e. The predicted octanol–water partition coefficient (Wildman–Crippen LogP) is 2.06. The number of carbonyl (C=O) groups is 1. The van der Waals surface area contributed by atoms with Crippen molar-refractivity contribution in [1.82, 2.24) is 4.90 Å². The minimum atomic E-state index is 0.351. The number of hydrogen-bond donors (Lipinski definition) is 0. The number of hydrogen-bond acceptors (Lipinski definition) is 2. The highest BCUT2D eigenvalue weighted by Crippen LogP contribution is 2.30. The molecule has 3 heteroatoms. The zero-order valence-electron chi connectivity index (χ0n) is 10.4. The van der Waals surface area contributed by atoms with Crippen LogP contribution < -0.4 is 0 Å². The van der Waals surface area contributed by atoms with Gasteiger partial charge in [0.25, 0.3) is 0 Å². The molecule has 2 aliphatic rings. The van der Waals surface area contributed by atoms with E-state index in [1.165, 1.54) is 12.8 Å². The molecule has 0 N–H and O–H groups in total. The molecule has 2 rings (SSSR count). The van der Waals surface area contributed by atoms with Gasteiger partial charge in [-0.3, -0.25) is 4.79 Å². The van der Waals surface area contributed by atoms with Crippen molar-refractivity contribution in [2.45, 2.75) is 45.6 Å². The van der Waals surface area contributed by atoms with E-state index in [4.69, 9.17) is 4.74 Å². The fourth-order valence-electron chi connectivity index (χ4n) is 2.31. The molecule has 0 aromatic rings. The second-order valence-corrected chi connectivity index (χ2v) is 5.60. The quantitative estimate of drug-likeness (QED) is 0.717. The summed E-state index contributed by atoms with van der Waals surface area (Å²) in [6.45, 7) is 6.87. The monoisotopic (exact) mass is 225 g/mol. The first-order chi connectivity index (χ1) is 7.66. The van der Waals surface area contributed by atoms with Crippen molar-refractivity contribution < 1.29 is 9.53 Å². The van der Waals surface area contributed by atoms with Crippen molar-refractivity contribution in [2.75, 3.05) is 19.8 Å². The van der Waals surface area contributed by atoms with E-state index >= 15 is 0 Å². The average Bonchev–Trinajstić information content (AvgIpc) is 2.91. The molecule has 1 atom stereocenters. The summed E-state index contributed by atoms with van der Waals surface area (Å²) >= 11 is 0. The van der Waals surface area contributed by atoms with E-state index < -0.39 is 0 Å². The van der Waals surface area contributed by atoms with Gasteiger partial charge in [-0.05, 0) is 25.2 Å². The molecule has 0 radical (unpaired) electrons. The molecule has 1 saturated carbocycles. The third-order valence-electron chi connectivity index (χ3n) is 3.37. The lowest BCUT2D eigenvalue weighted by Gasteiger charge is -2.26. The Kier molecular flexibility index (Phi) is 3.85. The Morgan fingerprint density at radius 2 is 2.12 bits per heavy atom. The van der Waals surface area contributed by atoms with Gasteiger partial charge in [0.15, 0.2) is 0 Å². The minimum absolute atomic E-state index is 0.351. The van der Waals surface area contributed by atoms with E-state index in [-0.39, 0.29) is 0 Å². The highest BCUT2D eigenvalue weighted by atomic mass is 16.5. The van der Waals surface area contributed by atoms with Gasteiger partial charge in [-0.1, -0.05) is 13.8 Å². The maximum Gasteiger partial charge on any atom is 0.223 e. The lowest BCUT2D eigenvalue weighted by Crippen LogP contribution is -2.37. The lowest BCUT2D eigenvalue weighted by atomic mass is 10.1. The van der Waals surface area contributed by atoms with Gasteiger partial charge >= 0.3 is 0 Å². The summed E-state index contributed by atoms with van der Waals surface area (Å²) in [4.78, 5) is 14.2. The summed E-state index contributed by atoms with van der Waals surface area (Å²) in [5.41, 5.74) is 0. The average molecular weight is 225 g/mol. The van der Waals surface area contributed by atoms with Crippen molar-refractivity contribution in [2.24, 2.45) is 11.8 Å². The van der Waals surface area contributed by atoms with E-state index in [9.17, 15) is 4.79 Å². The van der Waals surface area contributed by atoms with E-state index in [0.29, 0.717) is 30.2 Å². The Bertz CT molecular complexity index is 242. The molecule has 1 amide bonds. The van der Waals surface area contributed by atoms with Crippen molar-refractivity contribution in [3.63, 3.8) is 0 Å². The van der Waals surface area contributed by atoms with Crippen molar-refractivity contribution in [3.05, 3.63) is 0 Å². The Balaban J connectivity index is 1.86. The Morgan fingerprint density at radius 1 is 1.38 bits per heavy atom. The third-order valence-corrected chi connectivity index (χ3v) is 3.37. The van der Waals surface area contributed by atoms with Crippen LogP contribution in [0, 0.1) is 11.8 Å². The number of ether oxygens (including phenoxy) is 1. The van der Waals surface area contributed by atoms with Crippen LogP contribution in [0.15, 0.2) is 0 Å². The van der Waals surface area contributed by atoms with Gasteiger partial charge in [-0.25, -0.2) is 0 Å². The smallest absolute Gasteiger partial charge is 0.223 e. The molecular formula is C13H23NO2. The fraction of sp³-hybridized carbons (Fsp3) is 0.923. The molecular weight excluding hydrogens is 202 g/mol. The van der Waals surface area contributed by atoms with Crippen molar-refractivity contribution >= 4 is 5.91 Å². The SMILES string of the molecule is CC(C)CC(=O)N(C[C@H]1CCOC1)C1CC1. The van der Waals surface area contributed by atoms with E-state index in [0.717, 1.165) is 26.2 Å². The molecule has 0 bridgehead atoms. The van der Waals surface area contributed by atoms with Crippen LogP contribution in [0.4, 0.5) is 0 Å². The van der Waals surface area contributed by atoms with Gasteiger partial charge in [0.1, 0.15) is 0 Å². The molecule has 1 saturated heterocycles.